The molecule has 4 fully saturated rings. The molecule has 2 aromatic rings. The predicted molar refractivity (Wildman–Crippen MR) is 138 cm³/mol. The first-order chi connectivity index (χ1) is 18.5. The molecule has 0 spiro atoms. The second-order valence-corrected chi connectivity index (χ2v) is 11.7. The van der Waals surface area contributed by atoms with Gasteiger partial charge < -0.3 is 25.0 Å². The Hall–Kier alpha value is -3.11. The predicted octanol–water partition coefficient (Wildman–Crippen LogP) is 3.82. The van der Waals surface area contributed by atoms with Crippen molar-refractivity contribution in [1.29, 1.82) is 0 Å². The van der Waals surface area contributed by atoms with Crippen LogP contribution in [0.2, 0.25) is 10.0 Å². The van der Waals surface area contributed by atoms with E-state index in [0.29, 0.717) is 29.3 Å². The highest BCUT2D eigenvalue weighted by Gasteiger charge is 2.75. The maximum Gasteiger partial charge on any atom is 0.263 e. The van der Waals surface area contributed by atoms with Gasteiger partial charge in [-0.3, -0.25) is 14.4 Å². The lowest BCUT2D eigenvalue weighted by Crippen LogP contribution is -2.90. The van der Waals surface area contributed by atoms with E-state index in [-0.39, 0.29) is 48.1 Å². The van der Waals surface area contributed by atoms with E-state index in [1.807, 2.05) is 6.92 Å². The molecule has 2 N–H and O–H groups in total. The van der Waals surface area contributed by atoms with Crippen LogP contribution in [0, 0.1) is 17.7 Å². The molecule has 4 saturated carbocycles. The number of hydrogen-bond acceptors (Lipinski definition) is 5. The third-order valence-electron chi connectivity index (χ3n) is 8.36. The highest BCUT2D eigenvalue weighted by atomic mass is 35.5. The van der Waals surface area contributed by atoms with Crippen LogP contribution in [-0.2, 0) is 14.4 Å². The highest BCUT2D eigenvalue weighted by molar-refractivity contribution is 6.31. The number of ether oxygens (including phenoxy) is 2. The molecule has 4 aliphatic carbocycles. The van der Waals surface area contributed by atoms with Crippen LogP contribution in [0.3, 0.4) is 0 Å². The highest BCUT2D eigenvalue weighted by Crippen LogP contribution is 2.64. The molecule has 8 nitrogen and oxygen atoms in total. The van der Waals surface area contributed by atoms with E-state index in [9.17, 15) is 23.2 Å². The van der Waals surface area contributed by atoms with Crippen molar-refractivity contribution in [2.75, 3.05) is 18.1 Å². The molecule has 7 rings (SSSR count). The van der Waals surface area contributed by atoms with E-state index in [4.69, 9.17) is 32.7 Å². The summed E-state index contributed by atoms with van der Waals surface area (Å²) in [6, 6.07) is 8.69. The number of hydrogen-bond donors (Lipinski definition) is 2. The molecule has 0 aromatic heterocycles. The fourth-order valence-corrected chi connectivity index (χ4v) is 6.21. The van der Waals surface area contributed by atoms with E-state index in [1.54, 1.807) is 18.2 Å². The number of carbonyl (C=O) groups excluding carboxylic acids is 3. The lowest BCUT2D eigenvalue weighted by molar-refractivity contribution is -0.185. The Morgan fingerprint density at radius 1 is 1.13 bits per heavy atom. The Morgan fingerprint density at radius 2 is 1.85 bits per heavy atom. The third kappa shape index (κ3) is 4.47. The van der Waals surface area contributed by atoms with Crippen molar-refractivity contribution in [2.45, 2.75) is 49.5 Å². The average molecular weight is 580 g/mol. The number of nitrogens with one attached hydrogen (secondary N) is 2. The van der Waals surface area contributed by atoms with Crippen LogP contribution < -0.4 is 25.0 Å². The van der Waals surface area contributed by atoms with Crippen LogP contribution in [-0.4, -0.2) is 54.2 Å². The Bertz CT molecular complexity index is 1390. The van der Waals surface area contributed by atoms with E-state index in [1.165, 1.54) is 17.0 Å². The second kappa shape index (κ2) is 9.23. The van der Waals surface area contributed by atoms with Gasteiger partial charge in [-0.25, -0.2) is 8.78 Å². The SMILES string of the molecule is C[C@@H]1C2(NC(=O)COc3ccc(Cl)c(F)c3)CC1(NC(=O)[C@@H]1CN(C(=O)[C@H]3C[C@H]3F)c3cc(Cl)ccc3O1)C2. The summed E-state index contributed by atoms with van der Waals surface area (Å²) in [5.41, 5.74) is -0.566. The average Bonchev–Trinajstić information content (AvgIpc) is 3.63. The normalized spacial score (nSPS) is 31.6. The summed E-state index contributed by atoms with van der Waals surface area (Å²) in [4.78, 5) is 40.1. The Morgan fingerprint density at radius 3 is 2.51 bits per heavy atom. The first kappa shape index (κ1) is 26.1. The molecule has 1 heterocycles. The molecule has 4 atom stereocenters. The molecule has 206 valence electrons. The molecule has 5 aliphatic rings. The largest absolute Gasteiger partial charge is 0.484 e. The summed E-state index contributed by atoms with van der Waals surface area (Å²) in [6.45, 7) is 1.58. The Labute approximate surface area is 232 Å². The molecule has 0 radical (unpaired) electrons. The summed E-state index contributed by atoms with van der Waals surface area (Å²) in [7, 11) is 0. The summed E-state index contributed by atoms with van der Waals surface area (Å²) in [5, 5.41) is 6.40. The van der Waals surface area contributed by atoms with E-state index >= 15 is 0 Å². The molecular weight excluding hydrogens is 555 g/mol. The maximum atomic E-state index is 13.7. The zero-order chi connectivity index (χ0) is 27.7. The van der Waals surface area contributed by atoms with Gasteiger partial charge in [-0.15, -0.1) is 0 Å². The lowest BCUT2D eigenvalue weighted by Gasteiger charge is -2.75. The Kier molecular flexibility index (Phi) is 6.18. The zero-order valence-electron chi connectivity index (χ0n) is 20.8. The van der Waals surface area contributed by atoms with E-state index < -0.39 is 41.0 Å². The molecular formula is C27H25Cl2F2N3O5. The second-order valence-electron chi connectivity index (χ2n) is 10.8. The van der Waals surface area contributed by atoms with Crippen molar-refractivity contribution >= 4 is 46.6 Å². The van der Waals surface area contributed by atoms with Crippen LogP contribution in [0.4, 0.5) is 14.5 Å². The monoisotopic (exact) mass is 579 g/mol. The number of rotatable bonds is 7. The standard InChI is InChI=1S/C27H25Cl2F2N3O5/c1-13-26(32-23(35)10-38-15-3-4-17(29)19(31)7-15)11-27(13,12-26)33-24(36)22-9-34(25(37)16-8-18(16)30)20-6-14(28)2-5-21(20)39-22/h2-7,13,16,18,22H,8-12H2,1H3,(H,32,35)(H,33,36)/t13-,16+,18-,22+,26?,27?/m1/s1. The van der Waals surface area contributed by atoms with Crippen LogP contribution in [0.15, 0.2) is 36.4 Å². The lowest BCUT2D eigenvalue weighted by atomic mass is 9.37. The van der Waals surface area contributed by atoms with Gasteiger partial charge in [0.05, 0.1) is 23.2 Å². The van der Waals surface area contributed by atoms with E-state index in [0.717, 1.165) is 6.07 Å². The van der Waals surface area contributed by atoms with E-state index in [2.05, 4.69) is 10.6 Å². The molecule has 39 heavy (non-hydrogen) atoms. The van der Waals surface area contributed by atoms with Crippen molar-refractivity contribution < 1.29 is 32.6 Å². The zero-order valence-corrected chi connectivity index (χ0v) is 22.3. The van der Waals surface area contributed by atoms with Crippen molar-refractivity contribution in [2.24, 2.45) is 11.8 Å². The summed E-state index contributed by atoms with van der Waals surface area (Å²) in [6.07, 6.45) is -0.942. The number of carbonyl (C=O) groups is 3. The molecule has 2 aromatic carbocycles. The van der Waals surface area contributed by atoms with Crippen LogP contribution in [0.5, 0.6) is 11.5 Å². The van der Waals surface area contributed by atoms with Crippen LogP contribution >= 0.6 is 23.2 Å². The van der Waals surface area contributed by atoms with Crippen molar-refractivity contribution in [3.05, 3.63) is 52.3 Å². The number of fused-ring (bicyclic) bond motifs is 1. The smallest absolute Gasteiger partial charge is 0.263 e. The van der Waals surface area contributed by atoms with Crippen molar-refractivity contribution in [1.82, 2.24) is 10.6 Å². The van der Waals surface area contributed by atoms with Gasteiger partial charge in [-0.2, -0.15) is 0 Å². The first-order valence-corrected chi connectivity index (χ1v) is 13.4. The fourth-order valence-electron chi connectivity index (χ4n) is 5.92. The molecule has 3 amide bonds. The minimum atomic E-state index is -1.18. The topological polar surface area (TPSA) is 97.0 Å². The number of anilines is 1. The number of benzene rings is 2. The van der Waals surface area contributed by atoms with Gasteiger partial charge in [0.25, 0.3) is 11.8 Å². The minimum Gasteiger partial charge on any atom is -0.484 e. The Balaban J connectivity index is 1.06. The number of alkyl halides is 1. The molecule has 12 heteroatoms. The van der Waals surface area contributed by atoms with Crippen LogP contribution in [0.1, 0.15) is 26.2 Å². The summed E-state index contributed by atoms with van der Waals surface area (Å²) in [5.74, 6) is -2.04. The number of amides is 3. The van der Waals surface area contributed by atoms with Gasteiger partial charge in [0.15, 0.2) is 12.7 Å². The molecule has 2 bridgehead atoms. The molecule has 1 aliphatic heterocycles. The summed E-state index contributed by atoms with van der Waals surface area (Å²) >= 11 is 11.8. The van der Waals surface area contributed by atoms with Crippen molar-refractivity contribution in [3.8, 4) is 11.5 Å². The molecule has 0 saturated heterocycles. The van der Waals surface area contributed by atoms with Crippen molar-refractivity contribution in [3.63, 3.8) is 0 Å². The number of nitrogens with zero attached hydrogens (tertiary/aromatic N) is 1. The quantitative estimate of drug-likeness (QED) is 0.520. The van der Waals surface area contributed by atoms with Crippen LogP contribution in [0.25, 0.3) is 0 Å². The summed E-state index contributed by atoms with van der Waals surface area (Å²) < 4.78 is 38.5. The number of halogens is 4. The minimum absolute atomic E-state index is 0.0373. The van der Waals surface area contributed by atoms with Gasteiger partial charge in [-0.1, -0.05) is 30.1 Å². The fraction of sp³-hybridized carbons (Fsp3) is 0.444. The van der Waals surface area contributed by atoms with Gasteiger partial charge in [-0.05, 0) is 49.6 Å². The third-order valence-corrected chi connectivity index (χ3v) is 8.90. The molecule has 0 unspecified atom stereocenters. The van der Waals surface area contributed by atoms with Gasteiger partial charge in [0, 0.05) is 28.1 Å². The van der Waals surface area contributed by atoms with Gasteiger partial charge in [0.2, 0.25) is 5.91 Å². The van der Waals surface area contributed by atoms with Gasteiger partial charge >= 0.3 is 0 Å². The first-order valence-electron chi connectivity index (χ1n) is 12.6. The van der Waals surface area contributed by atoms with Gasteiger partial charge in [0.1, 0.15) is 23.5 Å². The maximum absolute atomic E-state index is 13.7.